The molecular formula is C16H12Cl2N2O3. The van der Waals surface area contributed by atoms with E-state index in [1.807, 2.05) is 0 Å². The molecule has 0 saturated heterocycles. The smallest absolute Gasteiger partial charge is 0.331 e. The number of amides is 1. The zero-order chi connectivity index (χ0) is 16.4. The third-order valence-electron chi connectivity index (χ3n) is 3.27. The van der Waals surface area contributed by atoms with E-state index in [-0.39, 0.29) is 19.0 Å². The Bertz CT molecular complexity index is 762. The maximum Gasteiger partial charge on any atom is 0.331 e. The van der Waals surface area contributed by atoms with Gasteiger partial charge in [0.2, 0.25) is 5.91 Å². The lowest BCUT2D eigenvalue weighted by atomic mass is 10.2. The molecule has 1 amide bonds. The molecule has 3 rings (SSSR count). The van der Waals surface area contributed by atoms with Gasteiger partial charge in [-0.1, -0.05) is 23.2 Å². The summed E-state index contributed by atoms with van der Waals surface area (Å²) in [4.78, 5) is 25.5. The number of carbonyl (C=O) groups is 2. The number of rotatable bonds is 3. The number of carbonyl (C=O) groups excluding carboxylic acids is 2. The number of hydrogen-bond donors (Lipinski definition) is 1. The molecule has 0 bridgehead atoms. The van der Waals surface area contributed by atoms with Crippen LogP contribution in [0.25, 0.3) is 0 Å². The molecule has 0 aliphatic carbocycles. The predicted molar refractivity (Wildman–Crippen MR) is 89.4 cm³/mol. The molecule has 0 atom stereocenters. The second-order valence-corrected chi connectivity index (χ2v) is 5.87. The van der Waals surface area contributed by atoms with E-state index < -0.39 is 5.97 Å². The quantitative estimate of drug-likeness (QED) is 0.681. The summed E-state index contributed by atoms with van der Waals surface area (Å²) in [5.41, 5.74) is 1.24. The summed E-state index contributed by atoms with van der Waals surface area (Å²) in [6.07, 6.45) is 0. The van der Waals surface area contributed by atoms with Crippen molar-refractivity contribution in [1.29, 1.82) is 0 Å². The van der Waals surface area contributed by atoms with Crippen LogP contribution in [0.5, 0.6) is 5.75 Å². The van der Waals surface area contributed by atoms with E-state index in [2.05, 4.69) is 5.32 Å². The molecule has 1 aliphatic heterocycles. The lowest BCUT2D eigenvalue weighted by molar-refractivity contribution is -0.133. The van der Waals surface area contributed by atoms with Crippen LogP contribution in [-0.2, 0) is 9.59 Å². The highest BCUT2D eigenvalue weighted by molar-refractivity contribution is 6.31. The van der Waals surface area contributed by atoms with Crippen LogP contribution < -0.4 is 15.0 Å². The van der Waals surface area contributed by atoms with Gasteiger partial charge in [-0.25, -0.2) is 4.79 Å². The van der Waals surface area contributed by atoms with Gasteiger partial charge in [0.25, 0.3) is 0 Å². The van der Waals surface area contributed by atoms with Crippen LogP contribution in [0.4, 0.5) is 11.4 Å². The number of hydrogen-bond acceptors (Lipinski definition) is 4. The Kier molecular flexibility index (Phi) is 4.41. The van der Waals surface area contributed by atoms with Gasteiger partial charge in [0.15, 0.2) is 5.75 Å². The van der Waals surface area contributed by atoms with Gasteiger partial charge < -0.3 is 15.0 Å². The Morgan fingerprint density at radius 3 is 2.57 bits per heavy atom. The first-order valence-electron chi connectivity index (χ1n) is 6.82. The minimum atomic E-state index is -0.417. The van der Waals surface area contributed by atoms with Crippen molar-refractivity contribution in [2.45, 2.75) is 0 Å². The van der Waals surface area contributed by atoms with Crippen LogP contribution in [0.3, 0.4) is 0 Å². The highest BCUT2D eigenvalue weighted by atomic mass is 35.5. The van der Waals surface area contributed by atoms with Gasteiger partial charge in [-0.3, -0.25) is 4.79 Å². The first kappa shape index (κ1) is 15.6. The standard InChI is InChI=1S/C16H12Cl2N2O3/c17-10-1-4-12(5-2-10)19-15(21)8-20-9-16(22)23-14-6-3-11(18)7-13(14)20/h1-7H,8-9H2,(H,19,21). The van der Waals surface area contributed by atoms with Crippen molar-refractivity contribution in [1.82, 2.24) is 0 Å². The van der Waals surface area contributed by atoms with Gasteiger partial charge in [0, 0.05) is 15.7 Å². The molecular weight excluding hydrogens is 339 g/mol. The first-order chi connectivity index (χ1) is 11.0. The lowest BCUT2D eigenvalue weighted by Crippen LogP contribution is -2.41. The topological polar surface area (TPSA) is 58.6 Å². The molecule has 23 heavy (non-hydrogen) atoms. The number of anilines is 2. The summed E-state index contributed by atoms with van der Waals surface area (Å²) in [5.74, 6) is -0.281. The Balaban J connectivity index is 1.74. The van der Waals surface area contributed by atoms with Crippen LogP contribution in [-0.4, -0.2) is 25.0 Å². The third kappa shape index (κ3) is 3.75. The number of nitrogens with one attached hydrogen (secondary N) is 1. The summed E-state index contributed by atoms with van der Waals surface area (Å²) < 4.78 is 5.14. The Hall–Kier alpha value is -2.24. The molecule has 0 radical (unpaired) electrons. The molecule has 0 aromatic heterocycles. The van der Waals surface area contributed by atoms with E-state index >= 15 is 0 Å². The van der Waals surface area contributed by atoms with E-state index in [1.165, 1.54) is 0 Å². The van der Waals surface area contributed by atoms with Crippen molar-refractivity contribution in [3.8, 4) is 5.75 Å². The molecule has 5 nitrogen and oxygen atoms in total. The summed E-state index contributed by atoms with van der Waals surface area (Å²) in [7, 11) is 0. The first-order valence-corrected chi connectivity index (χ1v) is 7.57. The van der Waals surface area contributed by atoms with Crippen LogP contribution in [0.2, 0.25) is 10.0 Å². The third-order valence-corrected chi connectivity index (χ3v) is 3.75. The normalized spacial score (nSPS) is 13.3. The summed E-state index contributed by atoms with van der Waals surface area (Å²) >= 11 is 11.8. The van der Waals surface area contributed by atoms with Crippen LogP contribution >= 0.6 is 23.2 Å². The van der Waals surface area contributed by atoms with Crippen molar-refractivity contribution in [3.05, 3.63) is 52.5 Å². The molecule has 0 fully saturated rings. The fourth-order valence-electron chi connectivity index (χ4n) is 2.27. The van der Waals surface area contributed by atoms with Crippen LogP contribution in [0, 0.1) is 0 Å². The minimum Gasteiger partial charge on any atom is -0.423 e. The minimum absolute atomic E-state index is 0.00503. The number of esters is 1. The largest absolute Gasteiger partial charge is 0.423 e. The number of nitrogens with zero attached hydrogens (tertiary/aromatic N) is 1. The summed E-state index contributed by atoms with van der Waals surface area (Å²) in [6, 6.07) is 11.7. The molecule has 7 heteroatoms. The number of halogens is 2. The van der Waals surface area contributed by atoms with Gasteiger partial charge in [-0.05, 0) is 42.5 Å². The average molecular weight is 351 g/mol. The number of ether oxygens (including phenoxy) is 1. The van der Waals surface area contributed by atoms with E-state index in [4.69, 9.17) is 27.9 Å². The number of benzene rings is 2. The fraction of sp³-hybridized carbons (Fsp3) is 0.125. The molecule has 0 saturated carbocycles. The lowest BCUT2D eigenvalue weighted by Gasteiger charge is -2.29. The van der Waals surface area contributed by atoms with Gasteiger partial charge in [-0.2, -0.15) is 0 Å². The van der Waals surface area contributed by atoms with Gasteiger partial charge >= 0.3 is 5.97 Å². The molecule has 0 unspecified atom stereocenters. The maximum absolute atomic E-state index is 12.2. The molecule has 0 spiro atoms. The monoisotopic (exact) mass is 350 g/mol. The zero-order valence-electron chi connectivity index (χ0n) is 11.9. The Morgan fingerprint density at radius 1 is 1.13 bits per heavy atom. The summed E-state index contributed by atoms with van der Waals surface area (Å²) in [5, 5.41) is 3.85. The van der Waals surface area contributed by atoms with E-state index in [1.54, 1.807) is 47.4 Å². The highest BCUT2D eigenvalue weighted by Gasteiger charge is 2.25. The zero-order valence-corrected chi connectivity index (χ0v) is 13.4. The SMILES string of the molecule is O=C(CN1CC(=O)Oc2ccc(Cl)cc21)Nc1ccc(Cl)cc1. The number of fused-ring (bicyclic) bond motifs is 1. The van der Waals surface area contributed by atoms with Gasteiger partial charge in [0.05, 0.1) is 12.2 Å². The van der Waals surface area contributed by atoms with Crippen molar-refractivity contribution in [2.24, 2.45) is 0 Å². The van der Waals surface area contributed by atoms with Crippen LogP contribution in [0.15, 0.2) is 42.5 Å². The Labute approximate surface area is 142 Å². The maximum atomic E-state index is 12.2. The predicted octanol–water partition coefficient (Wildman–Crippen LogP) is 3.36. The van der Waals surface area contributed by atoms with Crippen molar-refractivity contribution < 1.29 is 14.3 Å². The van der Waals surface area contributed by atoms with Crippen molar-refractivity contribution in [2.75, 3.05) is 23.3 Å². The molecule has 1 aliphatic rings. The Morgan fingerprint density at radius 2 is 1.83 bits per heavy atom. The molecule has 1 heterocycles. The average Bonchev–Trinajstić information content (AvgIpc) is 2.50. The van der Waals surface area contributed by atoms with E-state index in [0.29, 0.717) is 27.2 Å². The second-order valence-electron chi connectivity index (χ2n) is 5.00. The van der Waals surface area contributed by atoms with Crippen LogP contribution in [0.1, 0.15) is 0 Å². The van der Waals surface area contributed by atoms with Crippen molar-refractivity contribution in [3.63, 3.8) is 0 Å². The van der Waals surface area contributed by atoms with E-state index in [9.17, 15) is 9.59 Å². The van der Waals surface area contributed by atoms with Crippen molar-refractivity contribution >= 4 is 46.5 Å². The molecule has 2 aromatic rings. The molecule has 2 aromatic carbocycles. The molecule has 118 valence electrons. The summed E-state index contributed by atoms with van der Waals surface area (Å²) in [6.45, 7) is -0.00749. The van der Waals surface area contributed by atoms with E-state index in [0.717, 1.165) is 0 Å². The van der Waals surface area contributed by atoms with Gasteiger partial charge in [0.1, 0.15) is 6.54 Å². The second kappa shape index (κ2) is 6.48. The molecule has 1 N–H and O–H groups in total. The fourth-order valence-corrected chi connectivity index (χ4v) is 2.56. The highest BCUT2D eigenvalue weighted by Crippen LogP contribution is 2.34. The van der Waals surface area contributed by atoms with Gasteiger partial charge in [-0.15, -0.1) is 0 Å².